The van der Waals surface area contributed by atoms with Crippen molar-refractivity contribution in [1.82, 2.24) is 15.2 Å². The standard InChI is InChI=1S/C23H22ClN3O3/c24-16-10-15-11-21(23(29)27-7-5-25-6-8-27)30-22(15)19(12-16)17-3-4-26-20-9-14(13-28)1-2-18(17)20/h1-4,9-10,12,21,25,28H,5-8,11,13H2/t21-/m0/s1. The Morgan fingerprint density at radius 2 is 2.03 bits per heavy atom. The third-order valence-electron chi connectivity index (χ3n) is 5.78. The lowest BCUT2D eigenvalue weighted by atomic mass is 9.97. The lowest BCUT2D eigenvalue weighted by Crippen LogP contribution is -2.50. The van der Waals surface area contributed by atoms with E-state index in [1.165, 1.54) is 0 Å². The minimum atomic E-state index is -0.524. The molecule has 0 aliphatic carbocycles. The molecular weight excluding hydrogens is 402 g/mol. The van der Waals surface area contributed by atoms with Crippen molar-refractivity contribution in [2.45, 2.75) is 19.1 Å². The van der Waals surface area contributed by atoms with E-state index in [0.29, 0.717) is 30.3 Å². The zero-order chi connectivity index (χ0) is 20.7. The SMILES string of the molecule is O=C([C@@H]1Cc2cc(Cl)cc(-c3ccnc4cc(CO)ccc34)c2O1)N1CCNCC1. The number of fused-ring (bicyclic) bond motifs is 2. The van der Waals surface area contributed by atoms with Gasteiger partial charge in [0.2, 0.25) is 0 Å². The summed E-state index contributed by atoms with van der Waals surface area (Å²) in [6, 6.07) is 11.4. The number of rotatable bonds is 3. The van der Waals surface area contributed by atoms with Gasteiger partial charge in [0.05, 0.1) is 12.1 Å². The first kappa shape index (κ1) is 19.3. The number of aromatic nitrogens is 1. The molecule has 0 radical (unpaired) electrons. The Balaban J connectivity index is 1.54. The maximum absolute atomic E-state index is 13.0. The summed E-state index contributed by atoms with van der Waals surface area (Å²) in [5.41, 5.74) is 4.35. The van der Waals surface area contributed by atoms with Crippen LogP contribution >= 0.6 is 11.6 Å². The second-order valence-electron chi connectivity index (χ2n) is 7.70. The van der Waals surface area contributed by atoms with E-state index in [2.05, 4.69) is 10.3 Å². The van der Waals surface area contributed by atoms with E-state index in [1.807, 2.05) is 41.3 Å². The number of pyridine rings is 1. The van der Waals surface area contributed by atoms with Gasteiger partial charge in [-0.1, -0.05) is 23.7 Å². The van der Waals surface area contributed by atoms with Crippen LogP contribution in [0.1, 0.15) is 11.1 Å². The van der Waals surface area contributed by atoms with Gasteiger partial charge in [0.25, 0.3) is 5.91 Å². The Kier molecular flexibility index (Phi) is 5.06. The lowest BCUT2D eigenvalue weighted by Gasteiger charge is -2.29. The number of benzene rings is 2. The number of carbonyl (C=O) groups is 1. The Morgan fingerprint density at radius 1 is 1.20 bits per heavy atom. The van der Waals surface area contributed by atoms with Crippen molar-refractivity contribution in [3.8, 4) is 16.9 Å². The molecule has 0 bridgehead atoms. The van der Waals surface area contributed by atoms with Crippen molar-refractivity contribution in [3.63, 3.8) is 0 Å². The Hall–Kier alpha value is -2.67. The largest absolute Gasteiger partial charge is 0.479 e. The molecule has 2 aliphatic heterocycles. The molecule has 6 nitrogen and oxygen atoms in total. The van der Waals surface area contributed by atoms with Crippen LogP contribution in [0.5, 0.6) is 5.75 Å². The van der Waals surface area contributed by atoms with Gasteiger partial charge in [-0.15, -0.1) is 0 Å². The van der Waals surface area contributed by atoms with Crippen molar-refractivity contribution in [3.05, 3.63) is 58.7 Å². The molecule has 7 heteroatoms. The zero-order valence-corrected chi connectivity index (χ0v) is 17.2. The molecule has 5 rings (SSSR count). The van der Waals surface area contributed by atoms with Crippen LogP contribution in [0.2, 0.25) is 5.02 Å². The Morgan fingerprint density at radius 3 is 2.83 bits per heavy atom. The van der Waals surface area contributed by atoms with Gasteiger partial charge in [-0.2, -0.15) is 0 Å². The smallest absolute Gasteiger partial charge is 0.264 e. The molecule has 1 amide bonds. The van der Waals surface area contributed by atoms with Gasteiger partial charge in [-0.05, 0) is 35.4 Å². The molecule has 1 fully saturated rings. The van der Waals surface area contributed by atoms with Gasteiger partial charge in [-0.25, -0.2) is 0 Å². The monoisotopic (exact) mass is 423 g/mol. The topological polar surface area (TPSA) is 74.7 Å². The highest BCUT2D eigenvalue weighted by Crippen LogP contribution is 2.43. The predicted molar refractivity (Wildman–Crippen MR) is 116 cm³/mol. The quantitative estimate of drug-likeness (QED) is 0.677. The van der Waals surface area contributed by atoms with Crippen LogP contribution < -0.4 is 10.1 Å². The Bertz CT molecular complexity index is 1130. The molecular formula is C23H22ClN3O3. The molecule has 1 aromatic heterocycles. The fourth-order valence-electron chi connectivity index (χ4n) is 4.28. The van der Waals surface area contributed by atoms with Gasteiger partial charge in [0.1, 0.15) is 5.75 Å². The van der Waals surface area contributed by atoms with Gasteiger partial charge in [0.15, 0.2) is 6.10 Å². The van der Waals surface area contributed by atoms with Gasteiger partial charge >= 0.3 is 0 Å². The molecule has 0 saturated carbocycles. The van der Waals surface area contributed by atoms with E-state index in [9.17, 15) is 9.90 Å². The van der Waals surface area contributed by atoms with Gasteiger partial charge in [-0.3, -0.25) is 9.78 Å². The van der Waals surface area contributed by atoms with Crippen LogP contribution in [0.25, 0.3) is 22.0 Å². The average Bonchev–Trinajstić information content (AvgIpc) is 3.21. The fourth-order valence-corrected chi connectivity index (χ4v) is 4.52. The highest BCUT2D eigenvalue weighted by atomic mass is 35.5. The maximum Gasteiger partial charge on any atom is 0.264 e. The maximum atomic E-state index is 13.0. The number of nitrogens with one attached hydrogen (secondary N) is 1. The number of carbonyl (C=O) groups excluding carboxylic acids is 1. The molecule has 1 atom stereocenters. The van der Waals surface area contributed by atoms with Crippen LogP contribution in [-0.2, 0) is 17.8 Å². The summed E-state index contributed by atoms with van der Waals surface area (Å²) >= 11 is 6.45. The van der Waals surface area contributed by atoms with E-state index < -0.39 is 6.10 Å². The van der Waals surface area contributed by atoms with Crippen molar-refractivity contribution in [1.29, 1.82) is 0 Å². The number of piperazine rings is 1. The van der Waals surface area contributed by atoms with Gasteiger partial charge in [0, 0.05) is 60.3 Å². The van der Waals surface area contributed by atoms with Crippen LogP contribution in [-0.4, -0.2) is 53.2 Å². The minimum Gasteiger partial charge on any atom is -0.479 e. The van der Waals surface area contributed by atoms with Crippen molar-refractivity contribution < 1.29 is 14.6 Å². The zero-order valence-electron chi connectivity index (χ0n) is 16.4. The third-order valence-corrected chi connectivity index (χ3v) is 6.00. The molecule has 0 spiro atoms. The van der Waals surface area contributed by atoms with E-state index in [0.717, 1.165) is 46.2 Å². The van der Waals surface area contributed by atoms with Gasteiger partial charge < -0.3 is 20.1 Å². The molecule has 3 heterocycles. The summed E-state index contributed by atoms with van der Waals surface area (Å²) in [7, 11) is 0. The summed E-state index contributed by atoms with van der Waals surface area (Å²) in [5, 5.41) is 14.3. The fraction of sp³-hybridized carbons (Fsp3) is 0.304. The molecule has 30 heavy (non-hydrogen) atoms. The van der Waals surface area contributed by atoms with E-state index in [-0.39, 0.29) is 12.5 Å². The molecule has 1 saturated heterocycles. The summed E-state index contributed by atoms with van der Waals surface area (Å²) in [4.78, 5) is 19.3. The third kappa shape index (κ3) is 3.41. The number of ether oxygens (including phenoxy) is 1. The van der Waals surface area contributed by atoms with Crippen LogP contribution in [0.15, 0.2) is 42.6 Å². The van der Waals surface area contributed by atoms with E-state index in [1.54, 1.807) is 6.20 Å². The number of hydrogen-bond donors (Lipinski definition) is 2. The molecule has 154 valence electrons. The van der Waals surface area contributed by atoms with Crippen molar-refractivity contribution in [2.24, 2.45) is 0 Å². The number of nitrogens with zero attached hydrogens (tertiary/aromatic N) is 2. The second-order valence-corrected chi connectivity index (χ2v) is 8.13. The summed E-state index contributed by atoms with van der Waals surface area (Å²) in [6.07, 6.45) is 1.73. The highest BCUT2D eigenvalue weighted by Gasteiger charge is 2.35. The first-order valence-electron chi connectivity index (χ1n) is 10.1. The molecule has 2 aliphatic rings. The summed E-state index contributed by atoms with van der Waals surface area (Å²) in [5.74, 6) is 0.744. The summed E-state index contributed by atoms with van der Waals surface area (Å²) in [6.45, 7) is 2.98. The van der Waals surface area contributed by atoms with Crippen LogP contribution in [0, 0.1) is 0 Å². The van der Waals surface area contributed by atoms with Crippen molar-refractivity contribution in [2.75, 3.05) is 26.2 Å². The number of halogens is 1. The second kappa shape index (κ2) is 7.87. The van der Waals surface area contributed by atoms with E-state index >= 15 is 0 Å². The lowest BCUT2D eigenvalue weighted by molar-refractivity contribution is -0.138. The van der Waals surface area contributed by atoms with E-state index in [4.69, 9.17) is 16.3 Å². The molecule has 2 N–H and O–H groups in total. The van der Waals surface area contributed by atoms with Crippen LogP contribution in [0.3, 0.4) is 0 Å². The predicted octanol–water partition coefficient (Wildman–Crippen LogP) is 2.78. The summed E-state index contributed by atoms with van der Waals surface area (Å²) < 4.78 is 6.23. The highest BCUT2D eigenvalue weighted by molar-refractivity contribution is 6.31. The number of amides is 1. The molecule has 3 aromatic rings. The number of aliphatic hydroxyl groups is 1. The first-order chi connectivity index (χ1) is 14.6. The first-order valence-corrected chi connectivity index (χ1v) is 10.5. The Labute approximate surface area is 179 Å². The normalized spacial score (nSPS) is 18.3. The molecule has 2 aromatic carbocycles. The van der Waals surface area contributed by atoms with Crippen molar-refractivity contribution >= 4 is 28.4 Å². The van der Waals surface area contributed by atoms with Crippen LogP contribution in [0.4, 0.5) is 0 Å². The number of aliphatic hydroxyl groups excluding tert-OH is 1. The number of hydrogen-bond acceptors (Lipinski definition) is 5. The minimum absolute atomic E-state index is 0.0296. The molecule has 0 unspecified atom stereocenters. The average molecular weight is 424 g/mol.